The lowest BCUT2D eigenvalue weighted by atomic mass is 10.2. The van der Waals surface area contributed by atoms with Crippen molar-refractivity contribution in [2.45, 2.75) is 0 Å². The highest BCUT2D eigenvalue weighted by Gasteiger charge is 2.09. The van der Waals surface area contributed by atoms with Gasteiger partial charge in [-0.1, -0.05) is 17.7 Å². The van der Waals surface area contributed by atoms with E-state index < -0.39 is 0 Å². The van der Waals surface area contributed by atoms with Crippen molar-refractivity contribution >= 4 is 28.3 Å². The van der Waals surface area contributed by atoms with Crippen LogP contribution in [0, 0.1) is 0 Å². The molecule has 0 bridgehead atoms. The van der Waals surface area contributed by atoms with E-state index in [0.717, 1.165) is 21.7 Å². The molecular weight excluding hydrogens is 186 g/mol. The second kappa shape index (κ2) is 2.92. The van der Waals surface area contributed by atoms with Crippen molar-refractivity contribution in [2.24, 2.45) is 7.05 Å². The van der Waals surface area contributed by atoms with Gasteiger partial charge < -0.3 is 5.32 Å². The third-order valence-corrected chi connectivity index (χ3v) is 2.38. The van der Waals surface area contributed by atoms with Crippen molar-refractivity contribution in [2.75, 3.05) is 12.4 Å². The first kappa shape index (κ1) is 8.38. The summed E-state index contributed by atoms with van der Waals surface area (Å²) in [5.74, 6) is 0.822. The Balaban J connectivity index is 2.89. The monoisotopic (exact) mass is 195 g/mol. The van der Waals surface area contributed by atoms with Gasteiger partial charge in [0.1, 0.15) is 0 Å². The minimum Gasteiger partial charge on any atom is -0.371 e. The van der Waals surface area contributed by atoms with E-state index in [2.05, 4.69) is 10.4 Å². The minimum absolute atomic E-state index is 0.731. The number of rotatable bonds is 1. The molecule has 13 heavy (non-hydrogen) atoms. The van der Waals surface area contributed by atoms with E-state index in [1.165, 1.54) is 0 Å². The highest BCUT2D eigenvalue weighted by Crippen LogP contribution is 2.28. The molecule has 0 atom stereocenters. The van der Waals surface area contributed by atoms with Gasteiger partial charge in [0.15, 0.2) is 5.82 Å². The molecule has 68 valence electrons. The minimum atomic E-state index is 0.731. The summed E-state index contributed by atoms with van der Waals surface area (Å²) in [7, 11) is 3.74. The van der Waals surface area contributed by atoms with E-state index in [1.807, 2.05) is 37.0 Å². The van der Waals surface area contributed by atoms with Crippen LogP contribution in [0.2, 0.25) is 5.02 Å². The molecule has 0 aliphatic carbocycles. The summed E-state index contributed by atoms with van der Waals surface area (Å²) < 4.78 is 1.81. The SMILES string of the molecule is CNc1nn(C)c2cccc(Cl)c12. The number of nitrogens with zero attached hydrogens (tertiary/aromatic N) is 2. The Morgan fingerprint density at radius 3 is 2.92 bits per heavy atom. The molecule has 0 radical (unpaired) electrons. The van der Waals surface area contributed by atoms with Crippen LogP contribution in [0.5, 0.6) is 0 Å². The summed E-state index contributed by atoms with van der Waals surface area (Å²) in [6, 6.07) is 5.78. The standard InChI is InChI=1S/C9H10ClN3/c1-11-9-8-6(10)4-3-5-7(8)13(2)12-9/h3-5H,1-2H3,(H,11,12). The van der Waals surface area contributed by atoms with Crippen LogP contribution in [0.1, 0.15) is 0 Å². The lowest BCUT2D eigenvalue weighted by Crippen LogP contribution is -1.92. The van der Waals surface area contributed by atoms with Gasteiger partial charge >= 0.3 is 0 Å². The largest absolute Gasteiger partial charge is 0.371 e. The average Bonchev–Trinajstić information content (AvgIpc) is 2.45. The van der Waals surface area contributed by atoms with Crippen LogP contribution >= 0.6 is 11.6 Å². The van der Waals surface area contributed by atoms with E-state index in [4.69, 9.17) is 11.6 Å². The summed E-state index contributed by atoms with van der Waals surface area (Å²) in [6.07, 6.45) is 0. The van der Waals surface area contributed by atoms with Crippen molar-refractivity contribution in [3.8, 4) is 0 Å². The van der Waals surface area contributed by atoms with Gasteiger partial charge in [-0.15, -0.1) is 0 Å². The van der Waals surface area contributed by atoms with Crippen LogP contribution in [0.4, 0.5) is 5.82 Å². The first-order valence-electron chi connectivity index (χ1n) is 4.03. The quantitative estimate of drug-likeness (QED) is 0.757. The van der Waals surface area contributed by atoms with Crippen LogP contribution in [-0.4, -0.2) is 16.8 Å². The number of anilines is 1. The summed E-state index contributed by atoms with van der Waals surface area (Å²) in [5.41, 5.74) is 1.04. The Bertz CT molecular complexity index is 447. The van der Waals surface area contributed by atoms with Gasteiger partial charge in [-0.2, -0.15) is 5.10 Å². The summed E-state index contributed by atoms with van der Waals surface area (Å²) in [4.78, 5) is 0. The molecular formula is C9H10ClN3. The van der Waals surface area contributed by atoms with Gasteiger partial charge in [0, 0.05) is 14.1 Å². The van der Waals surface area contributed by atoms with Crippen molar-refractivity contribution in [1.29, 1.82) is 0 Å². The third-order valence-electron chi connectivity index (χ3n) is 2.06. The molecule has 2 aromatic rings. The molecule has 0 saturated carbocycles. The topological polar surface area (TPSA) is 29.9 Å². The normalized spacial score (nSPS) is 10.7. The number of aryl methyl sites for hydroxylation is 1. The summed E-state index contributed by atoms with van der Waals surface area (Å²) in [5, 5.41) is 9.02. The fraction of sp³-hybridized carbons (Fsp3) is 0.222. The number of benzene rings is 1. The number of fused-ring (bicyclic) bond motifs is 1. The lowest BCUT2D eigenvalue weighted by Gasteiger charge is -1.96. The molecule has 0 amide bonds. The van der Waals surface area contributed by atoms with Crippen LogP contribution in [0.25, 0.3) is 10.9 Å². The average molecular weight is 196 g/mol. The Labute approximate surface area is 81.3 Å². The number of aromatic nitrogens is 2. The second-order valence-electron chi connectivity index (χ2n) is 2.86. The van der Waals surface area contributed by atoms with Crippen molar-refractivity contribution in [3.05, 3.63) is 23.2 Å². The molecule has 0 unspecified atom stereocenters. The van der Waals surface area contributed by atoms with Crippen LogP contribution in [0.15, 0.2) is 18.2 Å². The lowest BCUT2D eigenvalue weighted by molar-refractivity contribution is 0.800. The second-order valence-corrected chi connectivity index (χ2v) is 3.26. The van der Waals surface area contributed by atoms with E-state index in [0.29, 0.717) is 0 Å². The summed E-state index contributed by atoms with van der Waals surface area (Å²) >= 11 is 6.06. The Morgan fingerprint density at radius 2 is 2.23 bits per heavy atom. The van der Waals surface area contributed by atoms with E-state index >= 15 is 0 Å². The van der Waals surface area contributed by atoms with E-state index in [1.54, 1.807) is 0 Å². The molecule has 1 aromatic heterocycles. The molecule has 0 aliphatic heterocycles. The zero-order chi connectivity index (χ0) is 9.42. The molecule has 0 spiro atoms. The molecule has 1 heterocycles. The Kier molecular flexibility index (Phi) is 1.88. The maximum atomic E-state index is 6.06. The Morgan fingerprint density at radius 1 is 1.46 bits per heavy atom. The van der Waals surface area contributed by atoms with Crippen molar-refractivity contribution < 1.29 is 0 Å². The van der Waals surface area contributed by atoms with Crippen LogP contribution < -0.4 is 5.32 Å². The zero-order valence-electron chi connectivity index (χ0n) is 7.50. The van der Waals surface area contributed by atoms with Gasteiger partial charge in [-0.05, 0) is 12.1 Å². The van der Waals surface area contributed by atoms with Gasteiger partial charge in [-0.3, -0.25) is 4.68 Å². The highest BCUT2D eigenvalue weighted by atomic mass is 35.5. The van der Waals surface area contributed by atoms with Gasteiger partial charge in [0.05, 0.1) is 15.9 Å². The predicted molar refractivity (Wildman–Crippen MR) is 55.3 cm³/mol. The van der Waals surface area contributed by atoms with E-state index in [-0.39, 0.29) is 0 Å². The fourth-order valence-electron chi connectivity index (χ4n) is 1.45. The predicted octanol–water partition coefficient (Wildman–Crippen LogP) is 2.27. The molecule has 0 fully saturated rings. The van der Waals surface area contributed by atoms with Crippen LogP contribution in [-0.2, 0) is 7.05 Å². The van der Waals surface area contributed by atoms with Gasteiger partial charge in [-0.25, -0.2) is 0 Å². The molecule has 4 heteroatoms. The smallest absolute Gasteiger partial charge is 0.157 e. The van der Waals surface area contributed by atoms with Crippen molar-refractivity contribution in [3.63, 3.8) is 0 Å². The molecule has 3 nitrogen and oxygen atoms in total. The van der Waals surface area contributed by atoms with Crippen molar-refractivity contribution in [1.82, 2.24) is 9.78 Å². The molecule has 0 aliphatic rings. The van der Waals surface area contributed by atoms with Gasteiger partial charge in [0.25, 0.3) is 0 Å². The number of nitrogens with one attached hydrogen (secondary N) is 1. The number of hydrogen-bond acceptors (Lipinski definition) is 2. The maximum absolute atomic E-state index is 6.06. The Hall–Kier alpha value is -1.22. The molecule has 2 rings (SSSR count). The molecule has 0 saturated heterocycles. The van der Waals surface area contributed by atoms with Crippen LogP contribution in [0.3, 0.4) is 0 Å². The fourth-order valence-corrected chi connectivity index (χ4v) is 1.70. The number of halogens is 1. The summed E-state index contributed by atoms with van der Waals surface area (Å²) in [6.45, 7) is 0. The highest BCUT2D eigenvalue weighted by molar-refractivity contribution is 6.36. The maximum Gasteiger partial charge on any atom is 0.157 e. The molecule has 1 aromatic carbocycles. The number of hydrogen-bond donors (Lipinski definition) is 1. The zero-order valence-corrected chi connectivity index (χ0v) is 8.26. The molecule has 1 N–H and O–H groups in total. The first-order valence-corrected chi connectivity index (χ1v) is 4.41. The van der Waals surface area contributed by atoms with E-state index in [9.17, 15) is 0 Å². The third kappa shape index (κ3) is 1.16. The van der Waals surface area contributed by atoms with Gasteiger partial charge in [0.2, 0.25) is 0 Å². The first-order chi connectivity index (χ1) is 6.24.